The summed E-state index contributed by atoms with van der Waals surface area (Å²) in [5.74, 6) is -0.254. The molecule has 1 amide bonds. The van der Waals surface area contributed by atoms with Crippen LogP contribution in [0.1, 0.15) is 37.8 Å². The lowest BCUT2D eigenvalue weighted by Gasteiger charge is -2.28. The van der Waals surface area contributed by atoms with Gasteiger partial charge in [-0.2, -0.15) is 0 Å². The number of aryl methyl sites for hydroxylation is 1. The van der Waals surface area contributed by atoms with Crippen LogP contribution < -0.4 is 11.1 Å². The molecule has 0 aliphatic rings. The molecule has 1 aromatic rings. The second-order valence-corrected chi connectivity index (χ2v) is 4.96. The van der Waals surface area contributed by atoms with E-state index in [0.29, 0.717) is 31.5 Å². The van der Waals surface area contributed by atoms with Crippen molar-refractivity contribution >= 4 is 5.91 Å². The molecule has 0 saturated carbocycles. The molecule has 0 fully saturated rings. The Kier molecular flexibility index (Phi) is 5.48. The quantitative estimate of drug-likeness (QED) is 0.831. The van der Waals surface area contributed by atoms with Crippen LogP contribution in [0.2, 0.25) is 0 Å². The van der Waals surface area contributed by atoms with Crippen LogP contribution in [-0.4, -0.2) is 12.5 Å². The molecule has 3 nitrogen and oxygen atoms in total. The van der Waals surface area contributed by atoms with Crippen LogP contribution in [-0.2, 0) is 11.3 Å². The number of hydrogen-bond donors (Lipinski definition) is 2. The molecular formula is C15H23FN2O. The van der Waals surface area contributed by atoms with E-state index >= 15 is 0 Å². The van der Waals surface area contributed by atoms with Crippen LogP contribution in [0.3, 0.4) is 0 Å². The first-order valence-corrected chi connectivity index (χ1v) is 6.72. The first kappa shape index (κ1) is 15.6. The highest BCUT2D eigenvalue weighted by atomic mass is 19.1. The molecule has 0 aromatic heterocycles. The summed E-state index contributed by atoms with van der Waals surface area (Å²) in [5, 5.41) is 2.90. The van der Waals surface area contributed by atoms with Gasteiger partial charge in [-0.15, -0.1) is 0 Å². The van der Waals surface area contributed by atoms with Crippen LogP contribution in [0, 0.1) is 18.2 Å². The summed E-state index contributed by atoms with van der Waals surface area (Å²) in [5.41, 5.74) is 6.72. The monoisotopic (exact) mass is 266 g/mol. The predicted octanol–water partition coefficient (Wildman–Crippen LogP) is 2.52. The Morgan fingerprint density at radius 3 is 2.47 bits per heavy atom. The van der Waals surface area contributed by atoms with E-state index in [2.05, 4.69) is 5.32 Å². The van der Waals surface area contributed by atoms with Crippen molar-refractivity contribution < 1.29 is 9.18 Å². The lowest BCUT2D eigenvalue weighted by molar-refractivity contribution is -0.131. The lowest BCUT2D eigenvalue weighted by Crippen LogP contribution is -2.45. The van der Waals surface area contributed by atoms with Crippen LogP contribution in [0.4, 0.5) is 4.39 Å². The Morgan fingerprint density at radius 1 is 1.37 bits per heavy atom. The average Bonchev–Trinajstić information content (AvgIpc) is 2.42. The molecule has 0 radical (unpaired) electrons. The van der Waals surface area contributed by atoms with Crippen LogP contribution >= 0.6 is 0 Å². The maximum absolute atomic E-state index is 13.1. The van der Waals surface area contributed by atoms with Gasteiger partial charge in [0.05, 0.1) is 5.41 Å². The van der Waals surface area contributed by atoms with E-state index in [0.717, 1.165) is 5.56 Å². The summed E-state index contributed by atoms with van der Waals surface area (Å²) in [6.07, 6.45) is 1.43. The number of carbonyl (C=O) groups is 1. The molecule has 0 heterocycles. The largest absolute Gasteiger partial charge is 0.352 e. The first-order chi connectivity index (χ1) is 8.99. The van der Waals surface area contributed by atoms with Gasteiger partial charge >= 0.3 is 0 Å². The van der Waals surface area contributed by atoms with E-state index in [4.69, 9.17) is 5.73 Å². The number of benzene rings is 1. The third-order valence-electron chi connectivity index (χ3n) is 3.90. The molecule has 3 N–H and O–H groups in total. The number of amides is 1. The van der Waals surface area contributed by atoms with Crippen molar-refractivity contribution in [2.75, 3.05) is 6.54 Å². The summed E-state index contributed by atoms with van der Waals surface area (Å²) < 4.78 is 13.1. The maximum Gasteiger partial charge on any atom is 0.227 e. The van der Waals surface area contributed by atoms with Gasteiger partial charge in [-0.1, -0.05) is 26.0 Å². The van der Waals surface area contributed by atoms with Crippen molar-refractivity contribution in [2.24, 2.45) is 11.1 Å². The highest BCUT2D eigenvalue weighted by Crippen LogP contribution is 2.25. The number of nitrogens with two attached hydrogens (primary N) is 1. The molecule has 0 bridgehead atoms. The van der Waals surface area contributed by atoms with Gasteiger partial charge < -0.3 is 11.1 Å². The molecule has 0 aliphatic carbocycles. The third kappa shape index (κ3) is 3.53. The van der Waals surface area contributed by atoms with Crippen LogP contribution in [0.15, 0.2) is 18.2 Å². The number of carbonyl (C=O) groups excluding carboxylic acids is 1. The zero-order valence-electron chi connectivity index (χ0n) is 11.9. The van der Waals surface area contributed by atoms with Gasteiger partial charge in [0.2, 0.25) is 5.91 Å². The standard InChI is InChI=1S/C15H23FN2O/c1-4-15(5-2,10-17)14(19)18-9-12-6-7-13(16)11(3)8-12/h6-8H,4-5,9-10,17H2,1-3H3,(H,18,19). The average molecular weight is 266 g/mol. The second-order valence-electron chi connectivity index (χ2n) is 4.96. The summed E-state index contributed by atoms with van der Waals surface area (Å²) in [6.45, 7) is 6.40. The second kappa shape index (κ2) is 6.66. The molecule has 0 spiro atoms. The smallest absolute Gasteiger partial charge is 0.227 e. The molecule has 1 aromatic carbocycles. The van der Waals surface area contributed by atoms with Crippen molar-refractivity contribution in [2.45, 2.75) is 40.2 Å². The normalized spacial score (nSPS) is 11.4. The minimum absolute atomic E-state index is 0.0259. The number of halogens is 1. The van der Waals surface area contributed by atoms with E-state index in [1.807, 2.05) is 13.8 Å². The van der Waals surface area contributed by atoms with E-state index in [-0.39, 0.29) is 11.7 Å². The van der Waals surface area contributed by atoms with Crippen LogP contribution in [0.25, 0.3) is 0 Å². The summed E-state index contributed by atoms with van der Waals surface area (Å²) in [7, 11) is 0. The van der Waals surface area contributed by atoms with Crippen molar-refractivity contribution in [3.63, 3.8) is 0 Å². The number of hydrogen-bond acceptors (Lipinski definition) is 2. The van der Waals surface area contributed by atoms with E-state index in [1.165, 1.54) is 6.07 Å². The highest BCUT2D eigenvalue weighted by molar-refractivity contribution is 5.82. The van der Waals surface area contributed by atoms with E-state index in [1.54, 1.807) is 19.1 Å². The molecule has 106 valence electrons. The Bertz CT molecular complexity index is 434. The van der Waals surface area contributed by atoms with Crippen molar-refractivity contribution in [1.29, 1.82) is 0 Å². The van der Waals surface area contributed by atoms with Gasteiger partial charge in [0.15, 0.2) is 0 Å². The Balaban J connectivity index is 2.70. The molecule has 1 rings (SSSR count). The SMILES string of the molecule is CCC(CC)(CN)C(=O)NCc1ccc(F)c(C)c1. The topological polar surface area (TPSA) is 55.1 Å². The van der Waals surface area contributed by atoms with Gasteiger partial charge in [-0.3, -0.25) is 4.79 Å². The Morgan fingerprint density at radius 2 is 2.00 bits per heavy atom. The third-order valence-corrected chi connectivity index (χ3v) is 3.90. The molecule has 0 atom stereocenters. The van der Waals surface area contributed by atoms with Gasteiger partial charge in [0.1, 0.15) is 5.82 Å². The fourth-order valence-electron chi connectivity index (χ4n) is 2.14. The molecule has 0 aliphatic heterocycles. The van der Waals surface area contributed by atoms with Crippen LogP contribution in [0.5, 0.6) is 0 Å². The molecular weight excluding hydrogens is 243 g/mol. The Hall–Kier alpha value is -1.42. The van der Waals surface area contributed by atoms with Crippen molar-refractivity contribution in [3.05, 3.63) is 35.1 Å². The van der Waals surface area contributed by atoms with E-state index < -0.39 is 5.41 Å². The van der Waals surface area contributed by atoms with Crippen molar-refractivity contribution in [1.82, 2.24) is 5.32 Å². The fraction of sp³-hybridized carbons (Fsp3) is 0.533. The lowest BCUT2D eigenvalue weighted by atomic mass is 9.81. The number of rotatable bonds is 6. The first-order valence-electron chi connectivity index (χ1n) is 6.72. The van der Waals surface area contributed by atoms with Gasteiger partial charge in [0, 0.05) is 13.1 Å². The van der Waals surface area contributed by atoms with E-state index in [9.17, 15) is 9.18 Å². The predicted molar refractivity (Wildman–Crippen MR) is 75.1 cm³/mol. The molecule has 19 heavy (non-hydrogen) atoms. The Labute approximate surface area is 114 Å². The van der Waals surface area contributed by atoms with Gasteiger partial charge in [-0.05, 0) is 37.0 Å². The zero-order chi connectivity index (χ0) is 14.5. The van der Waals surface area contributed by atoms with Gasteiger partial charge in [0.25, 0.3) is 0 Å². The number of nitrogens with one attached hydrogen (secondary N) is 1. The molecule has 4 heteroatoms. The van der Waals surface area contributed by atoms with Crippen molar-refractivity contribution in [3.8, 4) is 0 Å². The minimum atomic E-state index is -0.491. The summed E-state index contributed by atoms with van der Waals surface area (Å²) in [4.78, 5) is 12.2. The maximum atomic E-state index is 13.1. The zero-order valence-corrected chi connectivity index (χ0v) is 11.9. The fourth-order valence-corrected chi connectivity index (χ4v) is 2.14. The molecule has 0 unspecified atom stereocenters. The summed E-state index contributed by atoms with van der Waals surface area (Å²) in [6, 6.07) is 4.86. The molecule has 0 saturated heterocycles. The minimum Gasteiger partial charge on any atom is -0.352 e. The highest BCUT2D eigenvalue weighted by Gasteiger charge is 2.32. The van der Waals surface area contributed by atoms with Gasteiger partial charge in [-0.25, -0.2) is 4.39 Å². The summed E-state index contributed by atoms with van der Waals surface area (Å²) >= 11 is 0.